The zero-order valence-electron chi connectivity index (χ0n) is 17.3. The van der Waals surface area contributed by atoms with E-state index in [0.29, 0.717) is 47.6 Å². The standard InChI is InChI=1S/C21H26BrNO6/c1-6-28-16-8-13(15(22)12-17(16)29-7-2)9-20(24)23-14-10-18(25-3)21(27-5)19(11-14)26-4/h8,10-12H,6-7,9H2,1-5H3,(H,23,24). The van der Waals surface area contributed by atoms with E-state index < -0.39 is 0 Å². The first-order valence-electron chi connectivity index (χ1n) is 9.15. The normalized spacial score (nSPS) is 10.3. The molecule has 0 fully saturated rings. The Labute approximate surface area is 179 Å². The average Bonchev–Trinajstić information content (AvgIpc) is 2.70. The molecular weight excluding hydrogens is 442 g/mol. The lowest BCUT2D eigenvalue weighted by molar-refractivity contribution is -0.115. The first-order chi connectivity index (χ1) is 14.0. The van der Waals surface area contributed by atoms with Crippen LogP contribution in [0.3, 0.4) is 0 Å². The zero-order chi connectivity index (χ0) is 21.4. The molecule has 2 rings (SSSR count). The van der Waals surface area contributed by atoms with Crippen LogP contribution in [0.5, 0.6) is 28.7 Å². The Bertz CT molecular complexity index is 830. The SMILES string of the molecule is CCOc1cc(Br)c(CC(=O)Nc2cc(OC)c(OC)c(OC)c2)cc1OCC. The van der Waals surface area contributed by atoms with E-state index in [0.717, 1.165) is 10.0 Å². The van der Waals surface area contributed by atoms with Gasteiger partial charge in [-0.15, -0.1) is 0 Å². The molecule has 0 aliphatic carbocycles. The molecule has 2 aromatic rings. The van der Waals surface area contributed by atoms with E-state index in [1.807, 2.05) is 26.0 Å². The van der Waals surface area contributed by atoms with Crippen molar-refractivity contribution >= 4 is 27.5 Å². The quantitative estimate of drug-likeness (QED) is 0.555. The molecule has 0 atom stereocenters. The molecule has 1 N–H and O–H groups in total. The highest BCUT2D eigenvalue weighted by atomic mass is 79.9. The van der Waals surface area contributed by atoms with Crippen LogP contribution < -0.4 is 29.0 Å². The summed E-state index contributed by atoms with van der Waals surface area (Å²) in [5, 5.41) is 2.86. The molecule has 0 saturated carbocycles. The van der Waals surface area contributed by atoms with Gasteiger partial charge >= 0.3 is 0 Å². The number of methoxy groups -OCH3 is 3. The maximum Gasteiger partial charge on any atom is 0.228 e. The number of carbonyl (C=O) groups is 1. The van der Waals surface area contributed by atoms with Crippen molar-refractivity contribution in [2.24, 2.45) is 0 Å². The van der Waals surface area contributed by atoms with Crippen molar-refractivity contribution in [3.8, 4) is 28.7 Å². The number of carbonyl (C=O) groups excluding carboxylic acids is 1. The molecule has 0 aromatic heterocycles. The van der Waals surface area contributed by atoms with Gasteiger partial charge in [-0.05, 0) is 31.5 Å². The summed E-state index contributed by atoms with van der Waals surface area (Å²) in [5.74, 6) is 2.42. The maximum atomic E-state index is 12.7. The van der Waals surface area contributed by atoms with Crippen LogP contribution in [0.2, 0.25) is 0 Å². The molecule has 0 spiro atoms. The highest BCUT2D eigenvalue weighted by Crippen LogP contribution is 2.40. The molecular formula is C21H26BrNO6. The minimum Gasteiger partial charge on any atom is -0.493 e. The monoisotopic (exact) mass is 467 g/mol. The number of rotatable bonds is 10. The summed E-state index contributed by atoms with van der Waals surface area (Å²) in [7, 11) is 4.57. The molecule has 0 aliphatic heterocycles. The van der Waals surface area contributed by atoms with E-state index in [1.54, 1.807) is 12.1 Å². The lowest BCUT2D eigenvalue weighted by Crippen LogP contribution is -2.15. The van der Waals surface area contributed by atoms with Crippen LogP contribution in [0.4, 0.5) is 5.69 Å². The smallest absolute Gasteiger partial charge is 0.228 e. The lowest BCUT2D eigenvalue weighted by Gasteiger charge is -2.16. The van der Waals surface area contributed by atoms with Crippen molar-refractivity contribution < 1.29 is 28.5 Å². The summed E-state index contributed by atoms with van der Waals surface area (Å²) < 4.78 is 28.0. The van der Waals surface area contributed by atoms with Crippen molar-refractivity contribution in [3.05, 3.63) is 34.3 Å². The van der Waals surface area contributed by atoms with Crippen molar-refractivity contribution in [2.45, 2.75) is 20.3 Å². The first kappa shape index (κ1) is 22.7. The molecule has 0 bridgehead atoms. The van der Waals surface area contributed by atoms with Gasteiger partial charge in [-0.3, -0.25) is 4.79 Å². The fourth-order valence-electron chi connectivity index (χ4n) is 2.78. The van der Waals surface area contributed by atoms with Gasteiger partial charge in [0.25, 0.3) is 0 Å². The topological polar surface area (TPSA) is 75.3 Å². The Hall–Kier alpha value is -2.61. The Morgan fingerprint density at radius 2 is 1.41 bits per heavy atom. The van der Waals surface area contributed by atoms with Crippen LogP contribution in [-0.4, -0.2) is 40.5 Å². The number of hydrogen-bond donors (Lipinski definition) is 1. The van der Waals surface area contributed by atoms with Crippen molar-refractivity contribution in [3.63, 3.8) is 0 Å². The molecule has 158 valence electrons. The molecule has 1 amide bonds. The number of ether oxygens (including phenoxy) is 5. The van der Waals surface area contributed by atoms with Crippen molar-refractivity contribution in [1.82, 2.24) is 0 Å². The van der Waals surface area contributed by atoms with Crippen LogP contribution in [-0.2, 0) is 11.2 Å². The van der Waals surface area contributed by atoms with Crippen LogP contribution in [0.25, 0.3) is 0 Å². The predicted molar refractivity (Wildman–Crippen MR) is 115 cm³/mol. The Morgan fingerprint density at radius 1 is 0.862 bits per heavy atom. The molecule has 0 unspecified atom stereocenters. The number of amides is 1. The largest absolute Gasteiger partial charge is 0.493 e. The summed E-state index contributed by atoms with van der Waals surface area (Å²) in [6.45, 7) is 4.82. The summed E-state index contributed by atoms with van der Waals surface area (Å²) in [6, 6.07) is 6.99. The van der Waals surface area contributed by atoms with E-state index in [2.05, 4.69) is 21.2 Å². The van der Waals surface area contributed by atoms with Gasteiger partial charge in [0.15, 0.2) is 23.0 Å². The van der Waals surface area contributed by atoms with Gasteiger partial charge in [-0.2, -0.15) is 0 Å². The Morgan fingerprint density at radius 3 is 1.90 bits per heavy atom. The van der Waals surface area contributed by atoms with E-state index in [4.69, 9.17) is 23.7 Å². The fourth-order valence-corrected chi connectivity index (χ4v) is 3.24. The third-order valence-electron chi connectivity index (χ3n) is 4.01. The molecule has 0 heterocycles. The second-order valence-electron chi connectivity index (χ2n) is 5.90. The molecule has 0 saturated heterocycles. The minimum atomic E-state index is -0.202. The number of anilines is 1. The number of hydrogen-bond acceptors (Lipinski definition) is 6. The maximum absolute atomic E-state index is 12.7. The molecule has 0 radical (unpaired) electrons. The summed E-state index contributed by atoms with van der Waals surface area (Å²) >= 11 is 3.51. The second kappa shape index (κ2) is 10.8. The molecule has 2 aromatic carbocycles. The molecule has 7 nitrogen and oxygen atoms in total. The summed E-state index contributed by atoms with van der Waals surface area (Å²) in [6.07, 6.45) is 0.143. The average molecular weight is 468 g/mol. The molecule has 0 aliphatic rings. The zero-order valence-corrected chi connectivity index (χ0v) is 18.8. The van der Waals surface area contributed by atoms with E-state index in [1.165, 1.54) is 21.3 Å². The van der Waals surface area contributed by atoms with Crippen LogP contribution in [0.1, 0.15) is 19.4 Å². The lowest BCUT2D eigenvalue weighted by atomic mass is 10.1. The van der Waals surface area contributed by atoms with Gasteiger partial charge in [0.2, 0.25) is 11.7 Å². The highest BCUT2D eigenvalue weighted by Gasteiger charge is 2.17. The van der Waals surface area contributed by atoms with Gasteiger partial charge in [0.1, 0.15) is 0 Å². The van der Waals surface area contributed by atoms with Crippen LogP contribution in [0, 0.1) is 0 Å². The molecule has 8 heteroatoms. The van der Waals surface area contributed by atoms with Crippen LogP contribution >= 0.6 is 15.9 Å². The van der Waals surface area contributed by atoms with Crippen molar-refractivity contribution in [2.75, 3.05) is 39.9 Å². The predicted octanol–water partition coefficient (Wildman–Crippen LogP) is 4.45. The number of benzene rings is 2. The second-order valence-corrected chi connectivity index (χ2v) is 6.75. The number of halogens is 1. The number of nitrogens with one attached hydrogen (secondary N) is 1. The Balaban J connectivity index is 2.24. The van der Waals surface area contributed by atoms with Gasteiger partial charge in [0, 0.05) is 22.3 Å². The van der Waals surface area contributed by atoms with E-state index >= 15 is 0 Å². The van der Waals surface area contributed by atoms with E-state index in [-0.39, 0.29) is 12.3 Å². The first-order valence-corrected chi connectivity index (χ1v) is 9.94. The van der Waals surface area contributed by atoms with Gasteiger partial charge < -0.3 is 29.0 Å². The van der Waals surface area contributed by atoms with Gasteiger partial charge in [-0.25, -0.2) is 0 Å². The highest BCUT2D eigenvalue weighted by molar-refractivity contribution is 9.10. The van der Waals surface area contributed by atoms with Crippen LogP contribution in [0.15, 0.2) is 28.7 Å². The summed E-state index contributed by atoms with van der Waals surface area (Å²) in [4.78, 5) is 12.7. The van der Waals surface area contributed by atoms with Crippen molar-refractivity contribution in [1.29, 1.82) is 0 Å². The third-order valence-corrected chi connectivity index (χ3v) is 4.75. The fraction of sp³-hybridized carbons (Fsp3) is 0.381. The molecule has 29 heavy (non-hydrogen) atoms. The van der Waals surface area contributed by atoms with Gasteiger partial charge in [-0.1, -0.05) is 15.9 Å². The minimum absolute atomic E-state index is 0.143. The van der Waals surface area contributed by atoms with E-state index in [9.17, 15) is 4.79 Å². The van der Waals surface area contributed by atoms with Gasteiger partial charge in [0.05, 0.1) is 41.0 Å². The summed E-state index contributed by atoms with van der Waals surface area (Å²) in [5.41, 5.74) is 1.32. The Kier molecular flexibility index (Phi) is 8.45. The third kappa shape index (κ3) is 5.69.